The first-order chi connectivity index (χ1) is 14.7. The van der Waals surface area contributed by atoms with Gasteiger partial charge in [-0.25, -0.2) is 0 Å². The lowest BCUT2D eigenvalue weighted by Crippen LogP contribution is -2.21. The van der Waals surface area contributed by atoms with Crippen molar-refractivity contribution in [1.29, 1.82) is 0 Å². The van der Waals surface area contributed by atoms with Gasteiger partial charge in [0.05, 0.1) is 26.4 Å². The minimum atomic E-state index is -0.157. The van der Waals surface area contributed by atoms with Gasteiger partial charge in [0.1, 0.15) is 11.5 Å². The van der Waals surface area contributed by atoms with Crippen LogP contribution in [0, 0.1) is 0 Å². The van der Waals surface area contributed by atoms with E-state index in [0.717, 1.165) is 13.0 Å². The van der Waals surface area contributed by atoms with Crippen LogP contribution in [0.3, 0.4) is 0 Å². The summed E-state index contributed by atoms with van der Waals surface area (Å²) in [5.41, 5.74) is 1.25. The number of para-hydroxylation sites is 1. The summed E-state index contributed by atoms with van der Waals surface area (Å²) in [7, 11) is 3.15. The molecule has 0 amide bonds. The van der Waals surface area contributed by atoms with Crippen LogP contribution in [0.15, 0.2) is 42.2 Å². The zero-order valence-corrected chi connectivity index (χ0v) is 17.5. The number of rotatable bonds is 8. The highest BCUT2D eigenvalue weighted by Crippen LogP contribution is 2.37. The van der Waals surface area contributed by atoms with Crippen molar-refractivity contribution in [2.45, 2.75) is 19.3 Å². The molecule has 0 N–H and O–H groups in total. The normalized spacial score (nSPS) is 17.1. The zero-order valence-electron chi connectivity index (χ0n) is 17.5. The lowest BCUT2D eigenvalue weighted by Gasteiger charge is -2.14. The molecule has 0 radical (unpaired) electrons. The van der Waals surface area contributed by atoms with E-state index in [2.05, 4.69) is 4.90 Å². The number of carbonyl (C=O) groups is 1. The van der Waals surface area contributed by atoms with Crippen LogP contribution >= 0.6 is 0 Å². The van der Waals surface area contributed by atoms with Crippen molar-refractivity contribution < 1.29 is 23.7 Å². The van der Waals surface area contributed by atoms with E-state index in [-0.39, 0.29) is 11.5 Å². The van der Waals surface area contributed by atoms with Crippen LogP contribution in [-0.2, 0) is 0 Å². The van der Waals surface area contributed by atoms with E-state index < -0.39 is 0 Å². The summed E-state index contributed by atoms with van der Waals surface area (Å²) in [5, 5.41) is 0. The largest absolute Gasteiger partial charge is 0.493 e. The molecule has 0 atom stereocenters. The Morgan fingerprint density at radius 1 is 1.10 bits per heavy atom. The summed E-state index contributed by atoms with van der Waals surface area (Å²) in [5.74, 6) is 2.48. The van der Waals surface area contributed by atoms with Gasteiger partial charge >= 0.3 is 0 Å². The fraction of sp³-hybridized carbons (Fsp3) is 0.375. The molecule has 0 unspecified atom stereocenters. The average Bonchev–Trinajstić information content (AvgIpc) is 3.39. The Morgan fingerprint density at radius 2 is 1.93 bits per heavy atom. The van der Waals surface area contributed by atoms with Crippen molar-refractivity contribution in [3.05, 3.63) is 53.3 Å². The van der Waals surface area contributed by atoms with E-state index in [1.54, 1.807) is 38.5 Å². The number of hydrogen-bond donors (Lipinski definition) is 0. The molecule has 1 fully saturated rings. The predicted octanol–water partition coefficient (Wildman–Crippen LogP) is 4.18. The van der Waals surface area contributed by atoms with Crippen molar-refractivity contribution >= 4 is 11.9 Å². The Hall–Kier alpha value is -2.99. The lowest BCUT2D eigenvalue weighted by molar-refractivity contribution is 0.101. The minimum Gasteiger partial charge on any atom is -0.493 e. The first-order valence-corrected chi connectivity index (χ1v) is 10.3. The number of carbonyl (C=O) groups excluding carboxylic acids is 1. The van der Waals surface area contributed by atoms with E-state index in [9.17, 15) is 4.79 Å². The molecule has 0 aliphatic carbocycles. The minimum absolute atomic E-state index is 0.157. The van der Waals surface area contributed by atoms with Gasteiger partial charge in [0.15, 0.2) is 17.3 Å². The highest BCUT2D eigenvalue weighted by Gasteiger charge is 2.28. The molecule has 1 saturated heterocycles. The Balaban J connectivity index is 1.43. The number of nitrogens with zero attached hydrogens (tertiary/aromatic N) is 1. The lowest BCUT2D eigenvalue weighted by atomic mass is 10.1. The first kappa shape index (κ1) is 20.3. The number of ether oxygens (including phenoxy) is 4. The Labute approximate surface area is 177 Å². The molecular formula is C24H27NO5. The molecule has 0 saturated carbocycles. The maximum Gasteiger partial charge on any atom is 0.231 e. The molecule has 2 aliphatic heterocycles. The zero-order chi connectivity index (χ0) is 20.9. The summed E-state index contributed by atoms with van der Waals surface area (Å²) in [6.45, 7) is 4.10. The van der Waals surface area contributed by atoms with Crippen molar-refractivity contribution in [3.63, 3.8) is 0 Å². The number of fused-ring (bicyclic) bond motifs is 1. The molecule has 158 valence electrons. The highest BCUT2D eigenvalue weighted by atomic mass is 16.5. The average molecular weight is 409 g/mol. The molecule has 6 nitrogen and oxygen atoms in total. The van der Waals surface area contributed by atoms with Gasteiger partial charge in [0, 0.05) is 18.2 Å². The van der Waals surface area contributed by atoms with Crippen LogP contribution < -0.4 is 18.9 Å². The summed E-state index contributed by atoms with van der Waals surface area (Å²) < 4.78 is 22.5. The number of hydrogen-bond acceptors (Lipinski definition) is 6. The van der Waals surface area contributed by atoms with Gasteiger partial charge in [-0.1, -0.05) is 12.1 Å². The molecule has 0 aromatic heterocycles. The number of ketones is 1. The molecule has 4 rings (SSSR count). The monoisotopic (exact) mass is 409 g/mol. The number of allylic oxidation sites excluding steroid dienone is 1. The van der Waals surface area contributed by atoms with Crippen LogP contribution in [0.1, 0.15) is 35.2 Å². The number of methoxy groups -OCH3 is 2. The predicted molar refractivity (Wildman–Crippen MR) is 115 cm³/mol. The molecular weight excluding hydrogens is 382 g/mol. The Morgan fingerprint density at radius 3 is 2.70 bits per heavy atom. The van der Waals surface area contributed by atoms with E-state index >= 15 is 0 Å². The van der Waals surface area contributed by atoms with E-state index in [0.29, 0.717) is 40.7 Å². The van der Waals surface area contributed by atoms with E-state index in [1.165, 1.54) is 25.9 Å². The van der Waals surface area contributed by atoms with Gasteiger partial charge in [0.2, 0.25) is 5.78 Å². The Bertz CT molecular complexity index is 947. The van der Waals surface area contributed by atoms with Crippen LogP contribution in [0.25, 0.3) is 6.08 Å². The summed E-state index contributed by atoms with van der Waals surface area (Å²) in [6.07, 6.45) is 5.26. The number of benzene rings is 2. The summed E-state index contributed by atoms with van der Waals surface area (Å²) in [6, 6.07) is 10.9. The third-order valence-electron chi connectivity index (χ3n) is 5.45. The summed E-state index contributed by atoms with van der Waals surface area (Å²) in [4.78, 5) is 15.2. The summed E-state index contributed by atoms with van der Waals surface area (Å²) >= 11 is 0. The molecule has 0 spiro atoms. The van der Waals surface area contributed by atoms with Crippen LogP contribution in [0.5, 0.6) is 23.0 Å². The molecule has 30 heavy (non-hydrogen) atoms. The standard InChI is InChI=1S/C24H27NO5/c1-27-20-8-5-7-17(24(20)28-2)15-22-23(26)19-10-9-18(16-21(19)30-22)29-14-6-13-25-11-3-4-12-25/h5,7-10,15-16H,3-4,6,11-14H2,1-2H3/b22-15+. The smallest absolute Gasteiger partial charge is 0.231 e. The molecule has 2 aromatic carbocycles. The molecule has 2 heterocycles. The Kier molecular flexibility index (Phi) is 6.23. The topological polar surface area (TPSA) is 57.2 Å². The fourth-order valence-corrected chi connectivity index (χ4v) is 3.91. The van der Waals surface area contributed by atoms with Gasteiger partial charge in [-0.2, -0.15) is 0 Å². The van der Waals surface area contributed by atoms with Crippen LogP contribution in [-0.4, -0.2) is 51.1 Å². The quantitative estimate of drug-likeness (QED) is 0.481. The third-order valence-corrected chi connectivity index (χ3v) is 5.45. The van der Waals surface area contributed by atoms with Gasteiger partial charge < -0.3 is 23.8 Å². The molecule has 2 aromatic rings. The van der Waals surface area contributed by atoms with Crippen molar-refractivity contribution in [3.8, 4) is 23.0 Å². The van der Waals surface area contributed by atoms with Crippen molar-refractivity contribution in [2.75, 3.05) is 40.5 Å². The van der Waals surface area contributed by atoms with Gasteiger partial charge in [-0.05, 0) is 56.6 Å². The van der Waals surface area contributed by atoms with Gasteiger partial charge in [0.25, 0.3) is 0 Å². The van der Waals surface area contributed by atoms with Crippen LogP contribution in [0.2, 0.25) is 0 Å². The third kappa shape index (κ3) is 4.28. The molecule has 2 aliphatic rings. The first-order valence-electron chi connectivity index (χ1n) is 10.3. The van der Waals surface area contributed by atoms with E-state index in [1.807, 2.05) is 18.2 Å². The highest BCUT2D eigenvalue weighted by molar-refractivity contribution is 6.14. The fourth-order valence-electron chi connectivity index (χ4n) is 3.91. The van der Waals surface area contributed by atoms with Crippen LogP contribution in [0.4, 0.5) is 0 Å². The van der Waals surface area contributed by atoms with Gasteiger partial charge in [-0.3, -0.25) is 4.79 Å². The second kappa shape index (κ2) is 9.22. The molecule has 0 bridgehead atoms. The van der Waals surface area contributed by atoms with Gasteiger partial charge in [-0.15, -0.1) is 0 Å². The second-order valence-corrected chi connectivity index (χ2v) is 7.43. The maximum atomic E-state index is 12.8. The van der Waals surface area contributed by atoms with Crippen molar-refractivity contribution in [2.24, 2.45) is 0 Å². The number of likely N-dealkylation sites (tertiary alicyclic amines) is 1. The number of Topliss-reactive ketones (excluding diaryl/α,β-unsaturated/α-hetero) is 1. The van der Waals surface area contributed by atoms with E-state index in [4.69, 9.17) is 18.9 Å². The molecule has 6 heteroatoms. The second-order valence-electron chi connectivity index (χ2n) is 7.43. The van der Waals surface area contributed by atoms with Crippen molar-refractivity contribution in [1.82, 2.24) is 4.90 Å². The maximum absolute atomic E-state index is 12.8. The SMILES string of the molecule is COc1cccc(/C=C2/Oc3cc(OCCCN4CCCC4)ccc3C2=O)c1OC.